The summed E-state index contributed by atoms with van der Waals surface area (Å²) in [6, 6.07) is 21.2. The second kappa shape index (κ2) is 8.23. The van der Waals surface area contributed by atoms with E-state index < -0.39 is 0 Å². The van der Waals surface area contributed by atoms with Crippen LogP contribution in [0.4, 0.5) is 0 Å². The van der Waals surface area contributed by atoms with Crippen molar-refractivity contribution in [2.75, 3.05) is 7.11 Å². The van der Waals surface area contributed by atoms with Crippen LogP contribution in [0.3, 0.4) is 0 Å². The van der Waals surface area contributed by atoms with Crippen molar-refractivity contribution in [1.29, 1.82) is 0 Å². The summed E-state index contributed by atoms with van der Waals surface area (Å²) in [6.07, 6.45) is 0. The molecule has 154 valence electrons. The molecule has 0 spiro atoms. The van der Waals surface area contributed by atoms with Gasteiger partial charge in [0.15, 0.2) is 0 Å². The highest BCUT2D eigenvalue weighted by atomic mass is 32.2. The Morgan fingerprint density at radius 3 is 2.74 bits per heavy atom. The third kappa shape index (κ3) is 3.89. The van der Waals surface area contributed by atoms with Crippen molar-refractivity contribution in [3.63, 3.8) is 0 Å². The van der Waals surface area contributed by atoms with Gasteiger partial charge in [-0.1, -0.05) is 54.2 Å². The summed E-state index contributed by atoms with van der Waals surface area (Å²) in [6.45, 7) is 0.542. The van der Waals surface area contributed by atoms with Crippen molar-refractivity contribution in [3.8, 4) is 5.75 Å². The molecular weight excluding hydrogens is 412 g/mol. The molecule has 31 heavy (non-hydrogen) atoms. The van der Waals surface area contributed by atoms with Crippen LogP contribution in [0.15, 0.2) is 81.1 Å². The van der Waals surface area contributed by atoms with E-state index >= 15 is 0 Å². The number of tetrazole rings is 1. The van der Waals surface area contributed by atoms with Gasteiger partial charge in [-0.05, 0) is 50.5 Å². The van der Waals surface area contributed by atoms with Crippen molar-refractivity contribution in [2.24, 2.45) is 0 Å². The predicted molar refractivity (Wildman–Crippen MR) is 119 cm³/mol. The lowest BCUT2D eigenvalue weighted by Gasteiger charge is -2.09. The van der Waals surface area contributed by atoms with Crippen molar-refractivity contribution in [1.82, 2.24) is 20.2 Å². The molecule has 0 N–H and O–H groups in total. The van der Waals surface area contributed by atoms with Gasteiger partial charge in [-0.3, -0.25) is 0 Å². The highest BCUT2D eigenvalue weighted by molar-refractivity contribution is 7.98. The number of benzene rings is 3. The number of hydrogen-bond acceptors (Lipinski definition) is 7. The smallest absolute Gasteiger partial charge is 0.336 e. The number of methoxy groups -OCH3 is 1. The topological polar surface area (TPSA) is 83.0 Å². The molecule has 5 rings (SSSR count). The van der Waals surface area contributed by atoms with Crippen LogP contribution in [0.1, 0.15) is 11.1 Å². The van der Waals surface area contributed by atoms with Gasteiger partial charge < -0.3 is 9.15 Å². The van der Waals surface area contributed by atoms with Crippen molar-refractivity contribution in [3.05, 3.63) is 88.3 Å². The van der Waals surface area contributed by atoms with E-state index in [1.54, 1.807) is 17.9 Å². The quantitative estimate of drug-likeness (QED) is 0.226. The molecule has 0 fully saturated rings. The Morgan fingerprint density at radius 1 is 1.06 bits per heavy atom. The van der Waals surface area contributed by atoms with Gasteiger partial charge in [0.2, 0.25) is 5.16 Å². The van der Waals surface area contributed by atoms with Gasteiger partial charge in [0, 0.05) is 17.2 Å². The Balaban J connectivity index is 1.45. The molecule has 5 aromatic rings. The van der Waals surface area contributed by atoms with E-state index in [2.05, 4.69) is 15.5 Å². The van der Waals surface area contributed by atoms with Crippen LogP contribution < -0.4 is 10.4 Å². The molecule has 2 aromatic heterocycles. The van der Waals surface area contributed by atoms with Gasteiger partial charge in [-0.25, -0.2) is 9.48 Å². The number of thioether (sulfide) groups is 1. The van der Waals surface area contributed by atoms with E-state index in [0.29, 0.717) is 23.0 Å². The van der Waals surface area contributed by atoms with Gasteiger partial charge in [0.25, 0.3) is 0 Å². The maximum absolute atomic E-state index is 12.1. The zero-order valence-corrected chi connectivity index (χ0v) is 17.5. The lowest BCUT2D eigenvalue weighted by molar-refractivity contribution is 0.414. The second-order valence-electron chi connectivity index (χ2n) is 7.01. The fraction of sp³-hybridized carbons (Fsp3) is 0.130. The lowest BCUT2D eigenvalue weighted by Crippen LogP contribution is -2.04. The Kier molecular flexibility index (Phi) is 5.13. The van der Waals surface area contributed by atoms with Crippen LogP contribution in [0.25, 0.3) is 21.7 Å². The first-order chi connectivity index (χ1) is 15.2. The number of aromatic nitrogens is 4. The molecule has 3 aromatic carbocycles. The zero-order valence-electron chi connectivity index (χ0n) is 16.7. The molecule has 7 nitrogen and oxygen atoms in total. The monoisotopic (exact) mass is 430 g/mol. The predicted octanol–water partition coefficient (Wildman–Crippen LogP) is 4.28. The lowest BCUT2D eigenvalue weighted by atomic mass is 10.0. The molecule has 0 saturated heterocycles. The van der Waals surface area contributed by atoms with Crippen LogP contribution in [0.2, 0.25) is 0 Å². The first-order valence-electron chi connectivity index (χ1n) is 9.67. The molecule has 0 saturated carbocycles. The van der Waals surface area contributed by atoms with Crippen LogP contribution in [0, 0.1) is 0 Å². The number of nitrogens with zero attached hydrogens (tertiary/aromatic N) is 4. The zero-order chi connectivity index (χ0) is 21.2. The first kappa shape index (κ1) is 19.3. The fourth-order valence-electron chi connectivity index (χ4n) is 3.58. The van der Waals surface area contributed by atoms with E-state index in [-0.39, 0.29) is 5.63 Å². The van der Waals surface area contributed by atoms with E-state index in [1.165, 1.54) is 11.8 Å². The highest BCUT2D eigenvalue weighted by Crippen LogP contribution is 2.31. The number of hydrogen-bond donors (Lipinski definition) is 0. The summed E-state index contributed by atoms with van der Waals surface area (Å²) in [5, 5.41) is 15.9. The van der Waals surface area contributed by atoms with Crippen molar-refractivity contribution >= 4 is 33.5 Å². The molecule has 0 radical (unpaired) electrons. The molecule has 0 amide bonds. The molecule has 0 unspecified atom stereocenters. The third-order valence-electron chi connectivity index (χ3n) is 5.06. The van der Waals surface area contributed by atoms with E-state index in [4.69, 9.17) is 9.15 Å². The van der Waals surface area contributed by atoms with E-state index in [9.17, 15) is 4.79 Å². The molecule has 0 aliphatic heterocycles. The van der Waals surface area contributed by atoms with Gasteiger partial charge >= 0.3 is 5.63 Å². The average molecular weight is 430 g/mol. The summed E-state index contributed by atoms with van der Waals surface area (Å²) < 4.78 is 12.4. The number of rotatable bonds is 6. The van der Waals surface area contributed by atoms with Crippen molar-refractivity contribution < 1.29 is 9.15 Å². The summed E-state index contributed by atoms with van der Waals surface area (Å²) in [5.74, 6) is 1.34. The number of ether oxygens (including phenoxy) is 1. The fourth-order valence-corrected chi connectivity index (χ4v) is 4.44. The molecule has 0 bridgehead atoms. The minimum atomic E-state index is -0.365. The van der Waals surface area contributed by atoms with Gasteiger partial charge in [0.1, 0.15) is 11.3 Å². The maximum Gasteiger partial charge on any atom is 0.336 e. The van der Waals surface area contributed by atoms with Crippen molar-refractivity contribution in [2.45, 2.75) is 17.5 Å². The summed E-state index contributed by atoms with van der Waals surface area (Å²) in [4.78, 5) is 12.1. The minimum absolute atomic E-state index is 0.365. The summed E-state index contributed by atoms with van der Waals surface area (Å²) in [7, 11) is 1.64. The third-order valence-corrected chi connectivity index (χ3v) is 6.07. The Morgan fingerprint density at radius 2 is 1.90 bits per heavy atom. The largest absolute Gasteiger partial charge is 0.497 e. The highest BCUT2D eigenvalue weighted by Gasteiger charge is 2.13. The van der Waals surface area contributed by atoms with Crippen LogP contribution in [-0.4, -0.2) is 27.3 Å². The molecular formula is C23H18N4O3S. The molecule has 0 aliphatic carbocycles. The molecule has 0 aliphatic rings. The van der Waals surface area contributed by atoms with E-state index in [0.717, 1.165) is 33.0 Å². The Hall–Kier alpha value is -3.65. The van der Waals surface area contributed by atoms with E-state index in [1.807, 2.05) is 60.7 Å². The molecule has 2 heterocycles. The minimum Gasteiger partial charge on any atom is -0.497 e. The standard InChI is InChI=1S/C23H18N4O3S/c1-29-18-9-6-15(7-10-18)13-27-23(24-25-26-27)31-14-17-12-21(28)30-20-11-8-16-4-2-3-5-19(16)22(17)20/h2-12H,13-14H2,1H3. The normalized spacial score (nSPS) is 11.3. The summed E-state index contributed by atoms with van der Waals surface area (Å²) >= 11 is 1.49. The first-order valence-corrected chi connectivity index (χ1v) is 10.7. The van der Waals surface area contributed by atoms with Crippen LogP contribution in [0.5, 0.6) is 5.75 Å². The number of fused-ring (bicyclic) bond motifs is 3. The summed E-state index contributed by atoms with van der Waals surface area (Å²) in [5.41, 5.74) is 2.18. The molecule has 0 atom stereocenters. The van der Waals surface area contributed by atoms with Crippen LogP contribution in [-0.2, 0) is 12.3 Å². The maximum atomic E-state index is 12.1. The SMILES string of the molecule is COc1ccc(Cn2nnnc2SCc2cc(=O)oc3ccc4ccccc4c23)cc1. The Bertz CT molecular complexity index is 1430. The van der Waals surface area contributed by atoms with Gasteiger partial charge in [-0.15, -0.1) is 5.10 Å². The van der Waals surface area contributed by atoms with Gasteiger partial charge in [-0.2, -0.15) is 0 Å². The molecule has 8 heteroatoms. The van der Waals surface area contributed by atoms with Crippen LogP contribution >= 0.6 is 11.8 Å². The Labute approximate surface area is 181 Å². The second-order valence-corrected chi connectivity index (χ2v) is 7.95. The van der Waals surface area contributed by atoms with Gasteiger partial charge in [0.05, 0.1) is 13.7 Å². The average Bonchev–Trinajstić information content (AvgIpc) is 3.24.